The zero-order valence-electron chi connectivity index (χ0n) is 13.6. The molecule has 0 aliphatic heterocycles. The molecule has 132 valence electrons. The molecule has 0 atom stereocenters. The molecule has 2 aromatic carbocycles. The number of nitro benzene ring substituents is 1. The number of hydrogen-bond acceptors (Lipinski definition) is 7. The summed E-state index contributed by atoms with van der Waals surface area (Å²) in [4.78, 5) is 35.1. The maximum Gasteiger partial charge on any atom is 0.352 e. The zero-order chi connectivity index (χ0) is 18.7. The Labute approximate surface area is 151 Å². The summed E-state index contributed by atoms with van der Waals surface area (Å²) in [5.41, 5.74) is -0.204. The number of thiophene rings is 1. The van der Waals surface area contributed by atoms with Crippen molar-refractivity contribution in [3.8, 4) is 5.75 Å². The number of esters is 2. The van der Waals surface area contributed by atoms with Crippen molar-refractivity contribution in [1.29, 1.82) is 0 Å². The zero-order valence-corrected chi connectivity index (χ0v) is 14.4. The number of carbonyl (C=O) groups is 2. The Morgan fingerprint density at radius 2 is 1.88 bits per heavy atom. The monoisotopic (exact) mass is 371 g/mol. The third-order valence-corrected chi connectivity index (χ3v) is 4.63. The Kier molecular flexibility index (Phi) is 4.94. The number of benzene rings is 2. The van der Waals surface area contributed by atoms with Gasteiger partial charge in [0.15, 0.2) is 10.6 Å². The second-order valence-electron chi connectivity index (χ2n) is 5.17. The Morgan fingerprint density at radius 3 is 2.62 bits per heavy atom. The third-order valence-electron chi connectivity index (χ3n) is 3.50. The summed E-state index contributed by atoms with van der Waals surface area (Å²) < 4.78 is 11.2. The first kappa shape index (κ1) is 17.6. The Hall–Kier alpha value is -3.26. The standard InChI is InChI=1S/C18H13NO6S/c1-2-24-18(21)16-15(13-8-3-4-9-14(13)26-16)25-17(20)11-6-5-7-12(10-11)19(22)23/h3-10H,2H2,1H3. The summed E-state index contributed by atoms with van der Waals surface area (Å²) in [6, 6.07) is 12.3. The molecule has 1 aromatic heterocycles. The number of fused-ring (bicyclic) bond motifs is 1. The predicted molar refractivity (Wildman–Crippen MR) is 95.8 cm³/mol. The van der Waals surface area contributed by atoms with Gasteiger partial charge < -0.3 is 9.47 Å². The molecule has 0 saturated heterocycles. The molecular weight excluding hydrogens is 358 g/mol. The van der Waals surface area contributed by atoms with E-state index in [1.54, 1.807) is 31.2 Å². The highest BCUT2D eigenvalue weighted by Crippen LogP contribution is 2.38. The maximum atomic E-state index is 12.5. The van der Waals surface area contributed by atoms with Crippen LogP contribution in [0.1, 0.15) is 27.0 Å². The molecule has 7 nitrogen and oxygen atoms in total. The minimum atomic E-state index is -0.789. The lowest BCUT2D eigenvalue weighted by Crippen LogP contribution is -2.11. The highest BCUT2D eigenvalue weighted by molar-refractivity contribution is 7.21. The van der Waals surface area contributed by atoms with Crippen molar-refractivity contribution in [2.75, 3.05) is 6.61 Å². The van der Waals surface area contributed by atoms with Gasteiger partial charge in [-0.2, -0.15) is 0 Å². The largest absolute Gasteiger partial charge is 0.462 e. The summed E-state index contributed by atoms with van der Waals surface area (Å²) in [7, 11) is 0. The molecule has 0 aliphatic rings. The Balaban J connectivity index is 2.01. The number of ether oxygens (including phenoxy) is 2. The molecular formula is C18H13NO6S. The summed E-state index contributed by atoms with van der Waals surface area (Å²) in [5.74, 6) is -1.28. The molecule has 8 heteroatoms. The summed E-state index contributed by atoms with van der Waals surface area (Å²) in [6.07, 6.45) is 0. The lowest BCUT2D eigenvalue weighted by atomic mass is 10.2. The average Bonchev–Trinajstić information content (AvgIpc) is 3.01. The molecule has 0 N–H and O–H groups in total. The Morgan fingerprint density at radius 1 is 1.12 bits per heavy atom. The van der Waals surface area contributed by atoms with E-state index in [9.17, 15) is 19.7 Å². The van der Waals surface area contributed by atoms with Crippen LogP contribution >= 0.6 is 11.3 Å². The highest BCUT2D eigenvalue weighted by atomic mass is 32.1. The number of nitro groups is 1. The van der Waals surface area contributed by atoms with Gasteiger partial charge in [-0.05, 0) is 25.1 Å². The van der Waals surface area contributed by atoms with E-state index in [4.69, 9.17) is 9.47 Å². The molecule has 0 aliphatic carbocycles. The molecule has 0 bridgehead atoms. The van der Waals surface area contributed by atoms with Crippen LogP contribution in [0.4, 0.5) is 5.69 Å². The summed E-state index contributed by atoms with van der Waals surface area (Å²) in [5, 5.41) is 11.5. The number of carbonyl (C=O) groups excluding carboxylic acids is 2. The van der Waals surface area contributed by atoms with E-state index >= 15 is 0 Å². The van der Waals surface area contributed by atoms with Crippen LogP contribution in [-0.2, 0) is 4.74 Å². The van der Waals surface area contributed by atoms with E-state index in [0.717, 1.165) is 22.1 Å². The fraction of sp³-hybridized carbons (Fsp3) is 0.111. The first-order valence-corrected chi connectivity index (χ1v) is 8.48. The van der Waals surface area contributed by atoms with Gasteiger partial charge in [-0.3, -0.25) is 10.1 Å². The van der Waals surface area contributed by atoms with Crippen molar-refractivity contribution in [2.24, 2.45) is 0 Å². The van der Waals surface area contributed by atoms with Crippen LogP contribution in [0.25, 0.3) is 10.1 Å². The van der Waals surface area contributed by atoms with Gasteiger partial charge in [0, 0.05) is 22.2 Å². The van der Waals surface area contributed by atoms with E-state index in [2.05, 4.69) is 0 Å². The molecule has 1 heterocycles. The minimum Gasteiger partial charge on any atom is -0.462 e. The molecule has 0 spiro atoms. The Bertz CT molecular complexity index is 1010. The molecule has 26 heavy (non-hydrogen) atoms. The van der Waals surface area contributed by atoms with Gasteiger partial charge in [0.1, 0.15) is 0 Å². The van der Waals surface area contributed by atoms with Crippen molar-refractivity contribution in [2.45, 2.75) is 6.92 Å². The van der Waals surface area contributed by atoms with Gasteiger partial charge in [0.2, 0.25) is 0 Å². The van der Waals surface area contributed by atoms with E-state index in [0.29, 0.717) is 5.39 Å². The van der Waals surface area contributed by atoms with E-state index in [1.165, 1.54) is 18.2 Å². The number of rotatable bonds is 5. The first-order chi connectivity index (χ1) is 12.5. The lowest BCUT2D eigenvalue weighted by Gasteiger charge is -2.06. The molecule has 3 rings (SSSR count). The molecule has 0 radical (unpaired) electrons. The van der Waals surface area contributed by atoms with Crippen molar-refractivity contribution in [3.63, 3.8) is 0 Å². The summed E-state index contributed by atoms with van der Waals surface area (Å²) >= 11 is 1.16. The molecule has 0 unspecified atom stereocenters. The van der Waals surface area contributed by atoms with Gasteiger partial charge >= 0.3 is 11.9 Å². The molecule has 0 amide bonds. The molecule has 0 saturated carbocycles. The van der Waals surface area contributed by atoms with Crippen LogP contribution < -0.4 is 4.74 Å². The van der Waals surface area contributed by atoms with Gasteiger partial charge in [0.05, 0.1) is 17.1 Å². The van der Waals surface area contributed by atoms with Gasteiger partial charge in [-0.1, -0.05) is 18.2 Å². The van der Waals surface area contributed by atoms with Crippen molar-refractivity contribution < 1.29 is 24.0 Å². The normalized spacial score (nSPS) is 10.5. The van der Waals surface area contributed by atoms with Crippen LogP contribution in [0.3, 0.4) is 0 Å². The maximum absolute atomic E-state index is 12.5. The smallest absolute Gasteiger partial charge is 0.352 e. The van der Waals surface area contributed by atoms with Crippen LogP contribution in [0.2, 0.25) is 0 Å². The fourth-order valence-electron chi connectivity index (χ4n) is 2.35. The molecule has 3 aromatic rings. The van der Waals surface area contributed by atoms with Gasteiger partial charge in [-0.15, -0.1) is 11.3 Å². The van der Waals surface area contributed by atoms with Crippen LogP contribution in [-0.4, -0.2) is 23.5 Å². The number of nitrogens with zero attached hydrogens (tertiary/aromatic N) is 1. The van der Waals surface area contributed by atoms with E-state index < -0.39 is 16.9 Å². The van der Waals surface area contributed by atoms with Crippen LogP contribution in [0.15, 0.2) is 48.5 Å². The average molecular weight is 371 g/mol. The minimum absolute atomic E-state index is 0.0179. The van der Waals surface area contributed by atoms with Crippen LogP contribution in [0, 0.1) is 10.1 Å². The van der Waals surface area contributed by atoms with Gasteiger partial charge in [0.25, 0.3) is 5.69 Å². The summed E-state index contributed by atoms with van der Waals surface area (Å²) in [6.45, 7) is 1.87. The quantitative estimate of drug-likeness (QED) is 0.379. The number of non-ortho nitro benzene ring substituents is 1. The SMILES string of the molecule is CCOC(=O)c1sc2ccccc2c1OC(=O)c1cccc([N+](=O)[O-])c1. The molecule has 0 fully saturated rings. The van der Waals surface area contributed by atoms with E-state index in [-0.39, 0.29) is 28.5 Å². The van der Waals surface area contributed by atoms with Crippen molar-refractivity contribution >= 4 is 39.0 Å². The predicted octanol–water partition coefficient (Wildman–Crippen LogP) is 4.21. The topological polar surface area (TPSA) is 95.7 Å². The van der Waals surface area contributed by atoms with Gasteiger partial charge in [-0.25, -0.2) is 9.59 Å². The second kappa shape index (κ2) is 7.32. The second-order valence-corrected chi connectivity index (χ2v) is 6.23. The van der Waals surface area contributed by atoms with Crippen molar-refractivity contribution in [3.05, 3.63) is 69.1 Å². The van der Waals surface area contributed by atoms with Crippen molar-refractivity contribution in [1.82, 2.24) is 0 Å². The lowest BCUT2D eigenvalue weighted by molar-refractivity contribution is -0.384. The first-order valence-electron chi connectivity index (χ1n) is 7.66. The van der Waals surface area contributed by atoms with E-state index in [1.807, 2.05) is 0 Å². The highest BCUT2D eigenvalue weighted by Gasteiger charge is 2.24. The van der Waals surface area contributed by atoms with Crippen LogP contribution in [0.5, 0.6) is 5.75 Å². The third kappa shape index (κ3) is 3.40. The fourth-order valence-corrected chi connectivity index (χ4v) is 3.38. The number of hydrogen-bond donors (Lipinski definition) is 0.